The molecule has 0 aliphatic carbocycles. The van der Waals surface area contributed by atoms with Gasteiger partial charge >= 0.3 is 6.09 Å². The molecule has 0 aliphatic heterocycles. The minimum absolute atomic E-state index is 0.0164. The maximum atomic E-state index is 11.8. The van der Waals surface area contributed by atoms with E-state index in [-0.39, 0.29) is 16.1 Å². The van der Waals surface area contributed by atoms with Gasteiger partial charge in [-0.2, -0.15) is 0 Å². The van der Waals surface area contributed by atoms with Gasteiger partial charge in [0.05, 0.1) is 11.2 Å². The Labute approximate surface area is 132 Å². The van der Waals surface area contributed by atoms with Crippen LogP contribution in [0.3, 0.4) is 0 Å². The lowest BCUT2D eigenvalue weighted by atomic mass is 10.2. The number of carbonyl (C=O) groups excluding carboxylic acids is 1. The summed E-state index contributed by atoms with van der Waals surface area (Å²) in [5.41, 5.74) is -0.319. The number of nitrogens with one attached hydrogen (secondary N) is 1. The van der Waals surface area contributed by atoms with Crippen molar-refractivity contribution in [1.82, 2.24) is 9.97 Å². The zero-order valence-electron chi connectivity index (χ0n) is 12.1. The molecule has 0 saturated carbocycles. The summed E-state index contributed by atoms with van der Waals surface area (Å²) in [6, 6.07) is 2.91. The maximum absolute atomic E-state index is 11.8. The summed E-state index contributed by atoms with van der Waals surface area (Å²) in [5, 5.41) is 2.37. The highest BCUT2D eigenvalue weighted by atomic mass is 35.7. The van der Waals surface area contributed by atoms with Gasteiger partial charge in [-0.15, -0.1) is 0 Å². The number of rotatable bonds is 2. The second kappa shape index (κ2) is 5.69. The van der Waals surface area contributed by atoms with E-state index in [1.807, 2.05) is 0 Å². The first-order valence-corrected chi connectivity index (χ1v) is 8.57. The van der Waals surface area contributed by atoms with Gasteiger partial charge in [-0.3, -0.25) is 15.3 Å². The van der Waals surface area contributed by atoms with Crippen LogP contribution in [0, 0.1) is 0 Å². The van der Waals surface area contributed by atoms with Gasteiger partial charge in [0.25, 0.3) is 9.05 Å². The lowest BCUT2D eigenvalue weighted by Crippen LogP contribution is -2.27. The van der Waals surface area contributed by atoms with Gasteiger partial charge in [-0.25, -0.2) is 13.2 Å². The average Bonchev–Trinajstić information content (AvgIpc) is 2.34. The molecule has 2 aromatic rings. The topological polar surface area (TPSA) is 98.2 Å². The fourth-order valence-corrected chi connectivity index (χ4v) is 3.01. The number of amides is 1. The number of ether oxygens (including phenoxy) is 1. The second-order valence-electron chi connectivity index (χ2n) is 5.43. The van der Waals surface area contributed by atoms with Gasteiger partial charge in [-0.1, -0.05) is 0 Å². The number of anilines is 1. The summed E-state index contributed by atoms with van der Waals surface area (Å²) < 4.78 is 28.8. The van der Waals surface area contributed by atoms with Gasteiger partial charge in [0.2, 0.25) is 0 Å². The minimum Gasteiger partial charge on any atom is -0.444 e. The van der Waals surface area contributed by atoms with Gasteiger partial charge in [0, 0.05) is 23.1 Å². The largest absolute Gasteiger partial charge is 0.444 e. The van der Waals surface area contributed by atoms with Crippen LogP contribution in [0.5, 0.6) is 0 Å². The first kappa shape index (κ1) is 16.4. The Morgan fingerprint density at radius 2 is 1.86 bits per heavy atom. The van der Waals surface area contributed by atoms with Crippen LogP contribution in [0.25, 0.3) is 11.0 Å². The Hall–Kier alpha value is -1.93. The molecule has 9 heteroatoms. The van der Waals surface area contributed by atoms with Crippen molar-refractivity contribution in [2.75, 3.05) is 5.32 Å². The quantitative estimate of drug-likeness (QED) is 0.842. The Morgan fingerprint density at radius 1 is 1.23 bits per heavy atom. The predicted octanol–water partition coefficient (Wildman–Crippen LogP) is 2.90. The van der Waals surface area contributed by atoms with E-state index in [1.165, 1.54) is 24.5 Å². The van der Waals surface area contributed by atoms with E-state index >= 15 is 0 Å². The summed E-state index contributed by atoms with van der Waals surface area (Å²) in [5.74, 6) is 0. The third-order valence-corrected chi connectivity index (χ3v) is 3.84. The van der Waals surface area contributed by atoms with E-state index in [0.717, 1.165) is 0 Å². The van der Waals surface area contributed by atoms with Crippen molar-refractivity contribution in [3.05, 3.63) is 24.5 Å². The molecular formula is C13H14ClN3O4S. The summed E-state index contributed by atoms with van der Waals surface area (Å²) in [6.45, 7) is 5.08. The number of benzene rings is 1. The third-order valence-electron chi connectivity index (χ3n) is 2.47. The molecule has 0 unspecified atom stereocenters. The van der Waals surface area contributed by atoms with Crippen LogP contribution in [-0.2, 0) is 13.8 Å². The minimum atomic E-state index is -4.15. The molecule has 2 rings (SSSR count). The first-order chi connectivity index (χ1) is 10.1. The monoisotopic (exact) mass is 343 g/mol. The zero-order valence-corrected chi connectivity index (χ0v) is 13.7. The molecule has 1 amide bonds. The molecule has 1 aromatic heterocycles. The van der Waals surface area contributed by atoms with Crippen molar-refractivity contribution in [1.29, 1.82) is 0 Å². The van der Waals surface area contributed by atoms with E-state index in [1.54, 1.807) is 20.8 Å². The van der Waals surface area contributed by atoms with Crippen LogP contribution in [0.15, 0.2) is 29.4 Å². The van der Waals surface area contributed by atoms with Gasteiger partial charge in [-0.05, 0) is 32.9 Å². The van der Waals surface area contributed by atoms with Crippen molar-refractivity contribution in [3.8, 4) is 0 Å². The van der Waals surface area contributed by atoms with Gasteiger partial charge in [0.1, 0.15) is 16.0 Å². The fourth-order valence-electron chi connectivity index (χ4n) is 1.77. The van der Waals surface area contributed by atoms with Crippen molar-refractivity contribution >= 4 is 42.5 Å². The molecule has 0 fully saturated rings. The summed E-state index contributed by atoms with van der Waals surface area (Å²) in [6.07, 6.45) is 1.97. The Bertz CT molecular complexity index is 831. The van der Waals surface area contributed by atoms with E-state index < -0.39 is 20.7 Å². The average molecular weight is 344 g/mol. The van der Waals surface area contributed by atoms with Crippen LogP contribution in [0.2, 0.25) is 0 Å². The molecule has 0 aliphatic rings. The molecule has 1 heterocycles. The molecular weight excluding hydrogens is 330 g/mol. The predicted molar refractivity (Wildman–Crippen MR) is 82.4 cm³/mol. The fraction of sp³-hybridized carbons (Fsp3) is 0.308. The lowest BCUT2D eigenvalue weighted by Gasteiger charge is -2.20. The van der Waals surface area contributed by atoms with Crippen LogP contribution < -0.4 is 5.32 Å². The summed E-state index contributed by atoms with van der Waals surface area (Å²) >= 11 is 0. The number of hydrogen-bond acceptors (Lipinski definition) is 6. The molecule has 0 saturated heterocycles. The summed E-state index contributed by atoms with van der Waals surface area (Å²) in [7, 11) is 1.32. The number of carbonyl (C=O) groups is 1. The normalized spacial score (nSPS) is 12.2. The third kappa shape index (κ3) is 3.83. The van der Waals surface area contributed by atoms with Gasteiger partial charge < -0.3 is 4.74 Å². The number of halogens is 1. The second-order valence-corrected chi connectivity index (χ2v) is 7.93. The van der Waals surface area contributed by atoms with Crippen LogP contribution >= 0.6 is 10.7 Å². The SMILES string of the molecule is CC(C)(C)OC(=O)Nc1ccc2nccnc2c1S(=O)(=O)Cl. The number of aromatic nitrogens is 2. The van der Waals surface area contributed by atoms with Crippen LogP contribution in [0.4, 0.5) is 10.5 Å². The zero-order chi connectivity index (χ0) is 16.5. The van der Waals surface area contributed by atoms with E-state index in [2.05, 4.69) is 15.3 Å². The highest BCUT2D eigenvalue weighted by Gasteiger charge is 2.24. The molecule has 118 valence electrons. The lowest BCUT2D eigenvalue weighted by molar-refractivity contribution is 0.0635. The van der Waals surface area contributed by atoms with Crippen molar-refractivity contribution in [2.24, 2.45) is 0 Å². The van der Waals surface area contributed by atoms with Crippen molar-refractivity contribution in [3.63, 3.8) is 0 Å². The molecule has 0 spiro atoms. The number of nitrogens with zero attached hydrogens (tertiary/aromatic N) is 2. The summed E-state index contributed by atoms with van der Waals surface area (Å²) in [4.78, 5) is 19.5. The Morgan fingerprint density at radius 3 is 2.45 bits per heavy atom. The highest BCUT2D eigenvalue weighted by molar-refractivity contribution is 8.14. The molecule has 7 nitrogen and oxygen atoms in total. The van der Waals surface area contributed by atoms with E-state index in [4.69, 9.17) is 15.4 Å². The van der Waals surface area contributed by atoms with Gasteiger partial charge in [0.15, 0.2) is 0 Å². The number of hydrogen-bond donors (Lipinski definition) is 1. The van der Waals surface area contributed by atoms with Crippen molar-refractivity contribution in [2.45, 2.75) is 31.3 Å². The molecule has 22 heavy (non-hydrogen) atoms. The first-order valence-electron chi connectivity index (χ1n) is 6.26. The molecule has 1 aromatic carbocycles. The van der Waals surface area contributed by atoms with E-state index in [9.17, 15) is 13.2 Å². The molecule has 1 N–H and O–H groups in total. The maximum Gasteiger partial charge on any atom is 0.412 e. The molecule has 0 bridgehead atoms. The van der Waals surface area contributed by atoms with Crippen LogP contribution in [0.1, 0.15) is 20.8 Å². The molecule has 0 atom stereocenters. The van der Waals surface area contributed by atoms with Crippen LogP contribution in [-0.4, -0.2) is 30.1 Å². The molecule has 0 radical (unpaired) electrons. The Balaban J connectivity index is 2.53. The Kier molecular flexibility index (Phi) is 4.25. The highest BCUT2D eigenvalue weighted by Crippen LogP contribution is 2.31. The number of fused-ring (bicyclic) bond motifs is 1. The smallest absolute Gasteiger partial charge is 0.412 e. The van der Waals surface area contributed by atoms with Crippen molar-refractivity contribution < 1.29 is 17.9 Å². The standard InChI is InChI=1S/C13H14ClN3O4S/c1-13(2,3)21-12(18)17-9-5-4-8-10(16-7-6-15-8)11(9)22(14,19)20/h4-7H,1-3H3,(H,17,18). The van der Waals surface area contributed by atoms with E-state index in [0.29, 0.717) is 5.52 Å².